The molecule has 238 valence electrons. The molecule has 0 saturated heterocycles. The summed E-state index contributed by atoms with van der Waals surface area (Å²) in [5.74, 6) is 0.895. The fourth-order valence-electron chi connectivity index (χ4n) is 5.55. The lowest BCUT2D eigenvalue weighted by Crippen LogP contribution is -2.37. The van der Waals surface area contributed by atoms with Crippen molar-refractivity contribution in [1.29, 1.82) is 0 Å². The van der Waals surface area contributed by atoms with Gasteiger partial charge in [-0.05, 0) is 68.0 Å². The number of furan rings is 1. The minimum Gasteiger partial charge on any atom is -0.464 e. The normalized spacial score (nSPS) is 13.9. The number of thioether (sulfide) groups is 1. The van der Waals surface area contributed by atoms with Gasteiger partial charge in [-0.2, -0.15) is 0 Å². The number of nitro groups is 1. The smallest absolute Gasteiger partial charge is 0.269 e. The van der Waals surface area contributed by atoms with E-state index in [4.69, 9.17) is 9.40 Å². The third-order valence-electron chi connectivity index (χ3n) is 8.16. The summed E-state index contributed by atoms with van der Waals surface area (Å²) in [6, 6.07) is 15.8. The Labute approximate surface area is 268 Å². The first-order valence-electron chi connectivity index (χ1n) is 15.8. The maximum absolute atomic E-state index is 14.1. The van der Waals surface area contributed by atoms with E-state index in [-0.39, 0.29) is 34.9 Å². The molecule has 10 heteroatoms. The summed E-state index contributed by atoms with van der Waals surface area (Å²) in [7, 11) is 0. The van der Waals surface area contributed by atoms with Crippen molar-refractivity contribution in [3.8, 4) is 28.3 Å². The van der Waals surface area contributed by atoms with E-state index in [0.717, 1.165) is 48.8 Å². The van der Waals surface area contributed by atoms with E-state index >= 15 is 0 Å². The van der Waals surface area contributed by atoms with Crippen LogP contribution in [0.2, 0.25) is 0 Å². The Morgan fingerprint density at radius 2 is 1.84 bits per heavy atom. The zero-order chi connectivity index (χ0) is 32.5. The average Bonchev–Trinajstić information content (AvgIpc) is 3.61. The fraction of sp³-hybridized carbons (Fsp3) is 0.400. The molecule has 9 nitrogen and oxygen atoms in total. The first-order valence-corrected chi connectivity index (χ1v) is 16.7. The highest BCUT2D eigenvalue weighted by Crippen LogP contribution is 2.36. The summed E-state index contributed by atoms with van der Waals surface area (Å²) >= 11 is 1.19. The molecule has 0 spiro atoms. The second-order valence-corrected chi connectivity index (χ2v) is 12.0. The number of nitro benzene ring substituents is 1. The lowest BCUT2D eigenvalue weighted by atomic mass is 9.89. The largest absolute Gasteiger partial charge is 0.464 e. The number of hydrogen-bond donors (Lipinski definition) is 1. The van der Waals surface area contributed by atoms with E-state index in [1.165, 1.54) is 47.0 Å². The predicted octanol–water partition coefficient (Wildman–Crippen LogP) is 8.46. The molecule has 1 saturated carbocycles. The van der Waals surface area contributed by atoms with Crippen LogP contribution in [-0.2, 0) is 4.79 Å². The Morgan fingerprint density at radius 1 is 1.13 bits per heavy atom. The number of aromatic nitrogens is 2. The molecule has 1 atom stereocenters. The van der Waals surface area contributed by atoms with Crippen LogP contribution in [0.3, 0.4) is 0 Å². The molecule has 1 aliphatic rings. The maximum atomic E-state index is 14.1. The first kappa shape index (κ1) is 33.7. The van der Waals surface area contributed by atoms with Crippen molar-refractivity contribution in [1.82, 2.24) is 14.9 Å². The summed E-state index contributed by atoms with van der Waals surface area (Å²) in [5.41, 5.74) is 3.82. The van der Waals surface area contributed by atoms with Crippen LogP contribution in [0.25, 0.3) is 28.3 Å². The Morgan fingerprint density at radius 3 is 2.47 bits per heavy atom. The average molecular weight is 631 g/mol. The van der Waals surface area contributed by atoms with Gasteiger partial charge in [0.2, 0.25) is 5.91 Å². The van der Waals surface area contributed by atoms with Crippen LogP contribution in [0.1, 0.15) is 83.3 Å². The minimum atomic E-state index is -0.479. The van der Waals surface area contributed by atoms with Gasteiger partial charge in [0.05, 0.1) is 28.3 Å². The maximum Gasteiger partial charge on any atom is 0.269 e. The molecule has 2 aromatic heterocycles. The van der Waals surface area contributed by atoms with Gasteiger partial charge >= 0.3 is 0 Å². The first-order chi connectivity index (χ1) is 21.8. The molecule has 1 amide bonds. The highest BCUT2D eigenvalue weighted by molar-refractivity contribution is 7.99. The minimum absolute atomic E-state index is 0.0768. The Balaban J connectivity index is 0.00000226. The molecule has 1 aliphatic carbocycles. The van der Waals surface area contributed by atoms with Crippen LogP contribution in [0.15, 0.2) is 75.2 Å². The molecular formula is C35H42N4O5S. The Kier molecular flexibility index (Phi) is 11.8. The topological polar surface area (TPSA) is 120 Å². The van der Waals surface area contributed by atoms with Gasteiger partial charge in [-0.25, -0.2) is 4.98 Å². The molecule has 4 aromatic rings. The van der Waals surface area contributed by atoms with Crippen molar-refractivity contribution < 1.29 is 14.1 Å². The predicted molar refractivity (Wildman–Crippen MR) is 180 cm³/mol. The van der Waals surface area contributed by atoms with Crippen molar-refractivity contribution in [2.75, 3.05) is 5.75 Å². The summed E-state index contributed by atoms with van der Waals surface area (Å²) in [6.45, 7) is 10.0. The van der Waals surface area contributed by atoms with Crippen LogP contribution in [0, 0.1) is 17.0 Å². The van der Waals surface area contributed by atoms with Crippen molar-refractivity contribution in [2.45, 2.75) is 90.3 Å². The third-order valence-corrected chi connectivity index (χ3v) is 9.10. The molecule has 2 aromatic carbocycles. The Bertz CT molecular complexity index is 1660. The second-order valence-electron chi connectivity index (χ2n) is 11.1. The van der Waals surface area contributed by atoms with Gasteiger partial charge in [0, 0.05) is 34.9 Å². The monoisotopic (exact) mass is 630 g/mol. The number of non-ortho nitro benzene ring substituents is 1. The molecule has 0 radical (unpaired) electrons. The zero-order valence-electron chi connectivity index (χ0n) is 26.7. The van der Waals surface area contributed by atoms with E-state index in [0.29, 0.717) is 27.9 Å². The Hall–Kier alpha value is -4.18. The van der Waals surface area contributed by atoms with Gasteiger partial charge in [0.25, 0.3) is 11.2 Å². The van der Waals surface area contributed by atoms with Crippen molar-refractivity contribution >= 4 is 23.4 Å². The van der Waals surface area contributed by atoms with Crippen LogP contribution >= 0.6 is 11.8 Å². The molecular weight excluding hydrogens is 588 g/mol. The number of benzene rings is 2. The number of nitrogens with zero attached hydrogens (tertiary/aromatic N) is 3. The number of rotatable bonds is 10. The van der Waals surface area contributed by atoms with Crippen molar-refractivity contribution in [3.05, 3.63) is 92.5 Å². The molecule has 5 rings (SSSR count). The van der Waals surface area contributed by atoms with E-state index in [9.17, 15) is 19.7 Å². The molecule has 1 unspecified atom stereocenters. The molecule has 1 fully saturated rings. The van der Waals surface area contributed by atoms with Crippen LogP contribution in [0.5, 0.6) is 0 Å². The van der Waals surface area contributed by atoms with Crippen molar-refractivity contribution in [2.24, 2.45) is 0 Å². The van der Waals surface area contributed by atoms with Crippen LogP contribution < -0.4 is 10.9 Å². The van der Waals surface area contributed by atoms with E-state index in [1.807, 2.05) is 38.1 Å². The summed E-state index contributed by atoms with van der Waals surface area (Å²) in [5, 5.41) is 14.8. The van der Waals surface area contributed by atoms with Gasteiger partial charge in [-0.1, -0.05) is 70.9 Å². The number of carbonyl (C=O) groups excluding carboxylic acids is 1. The lowest BCUT2D eigenvalue weighted by Gasteiger charge is -2.23. The molecule has 2 heterocycles. The van der Waals surface area contributed by atoms with Gasteiger partial charge in [0.15, 0.2) is 5.16 Å². The summed E-state index contributed by atoms with van der Waals surface area (Å²) < 4.78 is 7.11. The number of carbonyl (C=O) groups is 1. The standard InChI is InChI=1S/C33H36N4O5S.C2H6/c1-4-21(2)27-17-12-23(29-11-8-18-42-29)19-28(27)31-22(3)32(39)36(25-13-15-26(16-14-25)37(40)41)33(35-31)43-20-30(38)34-24-9-6-5-7-10-24;1-2/h8,11-19,21,24H,4-7,9-10,20H2,1-3H3,(H,34,38);1-2H3. The zero-order valence-corrected chi connectivity index (χ0v) is 27.5. The van der Waals surface area contributed by atoms with Gasteiger partial charge in [0.1, 0.15) is 5.76 Å². The molecule has 45 heavy (non-hydrogen) atoms. The quantitative estimate of drug-likeness (QED) is 0.0808. The second kappa shape index (κ2) is 15.7. The van der Waals surface area contributed by atoms with E-state index in [1.54, 1.807) is 13.2 Å². The number of amides is 1. The van der Waals surface area contributed by atoms with E-state index in [2.05, 4.69) is 25.2 Å². The highest BCUT2D eigenvalue weighted by Gasteiger charge is 2.23. The molecule has 0 bridgehead atoms. The SMILES string of the molecule is CC.CCC(C)c1ccc(-c2ccco2)cc1-c1nc(SCC(=O)NC2CCCCC2)n(-c2ccc([N+](=O)[O-])cc2)c(=O)c1C. The fourth-order valence-corrected chi connectivity index (χ4v) is 6.37. The van der Waals surface area contributed by atoms with Crippen LogP contribution in [-0.4, -0.2) is 32.2 Å². The van der Waals surface area contributed by atoms with Crippen LogP contribution in [0.4, 0.5) is 5.69 Å². The highest BCUT2D eigenvalue weighted by atomic mass is 32.2. The number of nitrogens with one attached hydrogen (secondary N) is 1. The van der Waals surface area contributed by atoms with Crippen molar-refractivity contribution in [3.63, 3.8) is 0 Å². The lowest BCUT2D eigenvalue weighted by molar-refractivity contribution is -0.384. The van der Waals surface area contributed by atoms with Gasteiger partial charge in [-0.3, -0.25) is 24.3 Å². The number of hydrogen-bond acceptors (Lipinski definition) is 7. The summed E-state index contributed by atoms with van der Waals surface area (Å²) in [6.07, 6.45) is 7.88. The molecule has 1 N–H and O–H groups in total. The van der Waals surface area contributed by atoms with E-state index < -0.39 is 4.92 Å². The molecule has 0 aliphatic heterocycles. The summed E-state index contributed by atoms with van der Waals surface area (Å²) in [4.78, 5) is 42.9. The van der Waals surface area contributed by atoms with Gasteiger partial charge < -0.3 is 9.73 Å². The van der Waals surface area contributed by atoms with Gasteiger partial charge in [-0.15, -0.1) is 0 Å². The third kappa shape index (κ3) is 7.92.